The molecule has 18 heavy (non-hydrogen) atoms. The van der Waals surface area contributed by atoms with Gasteiger partial charge < -0.3 is 14.5 Å². The van der Waals surface area contributed by atoms with Crippen LogP contribution in [0.4, 0.5) is 0 Å². The number of nitrogens with zero attached hydrogens (tertiary/aromatic N) is 2. The number of ether oxygens (including phenoxy) is 1. The van der Waals surface area contributed by atoms with Gasteiger partial charge in [0, 0.05) is 39.2 Å². The van der Waals surface area contributed by atoms with E-state index in [1.807, 2.05) is 4.90 Å². The molecular formula is C14H24N2O2. The summed E-state index contributed by atoms with van der Waals surface area (Å²) in [4.78, 5) is 16.6. The zero-order valence-corrected chi connectivity index (χ0v) is 11.5. The molecule has 2 heterocycles. The van der Waals surface area contributed by atoms with Gasteiger partial charge in [0.05, 0.1) is 6.10 Å². The molecule has 0 aromatic carbocycles. The summed E-state index contributed by atoms with van der Waals surface area (Å²) >= 11 is 0. The van der Waals surface area contributed by atoms with Gasteiger partial charge in [0.2, 0.25) is 5.91 Å². The fourth-order valence-corrected chi connectivity index (χ4v) is 3.92. The number of carbonyl (C=O) groups excluding carboxylic acids is 1. The van der Waals surface area contributed by atoms with Gasteiger partial charge in [-0.05, 0) is 38.1 Å². The third kappa shape index (κ3) is 2.05. The van der Waals surface area contributed by atoms with E-state index in [2.05, 4.69) is 11.9 Å². The minimum Gasteiger partial charge on any atom is -0.378 e. The molecule has 0 unspecified atom stereocenters. The molecule has 1 saturated carbocycles. The SMILES string of the molecule is COC1CN(C(=O)C2CCC3(CC2)CN(C)C3)C1. The van der Waals surface area contributed by atoms with Gasteiger partial charge in [-0.25, -0.2) is 0 Å². The molecule has 102 valence electrons. The highest BCUT2D eigenvalue weighted by Crippen LogP contribution is 2.45. The summed E-state index contributed by atoms with van der Waals surface area (Å²) in [5, 5.41) is 0. The summed E-state index contributed by atoms with van der Waals surface area (Å²) in [7, 11) is 3.91. The number of amides is 1. The maximum atomic E-state index is 12.3. The van der Waals surface area contributed by atoms with Crippen molar-refractivity contribution >= 4 is 5.91 Å². The van der Waals surface area contributed by atoms with Crippen molar-refractivity contribution < 1.29 is 9.53 Å². The molecule has 0 atom stereocenters. The summed E-state index contributed by atoms with van der Waals surface area (Å²) < 4.78 is 5.23. The summed E-state index contributed by atoms with van der Waals surface area (Å²) in [6.07, 6.45) is 4.97. The van der Waals surface area contributed by atoms with E-state index in [-0.39, 0.29) is 6.10 Å². The van der Waals surface area contributed by atoms with Gasteiger partial charge in [-0.3, -0.25) is 4.79 Å². The number of methoxy groups -OCH3 is 1. The Morgan fingerprint density at radius 3 is 2.33 bits per heavy atom. The predicted molar refractivity (Wildman–Crippen MR) is 69.3 cm³/mol. The van der Waals surface area contributed by atoms with Gasteiger partial charge in [0.25, 0.3) is 0 Å². The molecule has 4 nitrogen and oxygen atoms in total. The number of hydrogen-bond donors (Lipinski definition) is 0. The Balaban J connectivity index is 1.47. The lowest BCUT2D eigenvalue weighted by atomic mass is 9.66. The molecule has 4 heteroatoms. The fraction of sp³-hybridized carbons (Fsp3) is 0.929. The van der Waals surface area contributed by atoms with Gasteiger partial charge in [0.15, 0.2) is 0 Å². The van der Waals surface area contributed by atoms with Crippen LogP contribution >= 0.6 is 0 Å². The highest BCUT2D eigenvalue weighted by Gasteiger charge is 2.45. The van der Waals surface area contributed by atoms with Crippen LogP contribution in [-0.4, -0.2) is 62.1 Å². The number of likely N-dealkylation sites (tertiary alicyclic amines) is 2. The maximum absolute atomic E-state index is 12.3. The second-order valence-electron chi connectivity index (χ2n) is 6.55. The highest BCUT2D eigenvalue weighted by atomic mass is 16.5. The Kier molecular flexibility index (Phi) is 3.10. The standard InChI is InChI=1S/C14H24N2O2/c1-15-9-14(10-15)5-3-11(4-6-14)13(17)16-7-12(8-16)18-2/h11-12H,3-10H2,1-2H3. The quantitative estimate of drug-likeness (QED) is 0.734. The first-order chi connectivity index (χ1) is 8.62. The third-order valence-corrected chi connectivity index (χ3v) is 5.10. The lowest BCUT2D eigenvalue weighted by molar-refractivity contribution is -0.150. The van der Waals surface area contributed by atoms with E-state index >= 15 is 0 Å². The molecule has 3 rings (SSSR count). The van der Waals surface area contributed by atoms with Crippen LogP contribution in [0.2, 0.25) is 0 Å². The molecule has 2 saturated heterocycles. The monoisotopic (exact) mass is 252 g/mol. The Hall–Kier alpha value is -0.610. The van der Waals surface area contributed by atoms with Crippen LogP contribution < -0.4 is 0 Å². The zero-order chi connectivity index (χ0) is 12.8. The molecule has 0 aromatic heterocycles. The van der Waals surface area contributed by atoms with Crippen molar-refractivity contribution in [2.24, 2.45) is 11.3 Å². The van der Waals surface area contributed by atoms with Crippen LogP contribution in [0.25, 0.3) is 0 Å². The maximum Gasteiger partial charge on any atom is 0.225 e. The van der Waals surface area contributed by atoms with Crippen LogP contribution in [-0.2, 0) is 9.53 Å². The third-order valence-electron chi connectivity index (χ3n) is 5.10. The fourth-order valence-electron chi connectivity index (χ4n) is 3.92. The van der Waals surface area contributed by atoms with Gasteiger partial charge in [0.1, 0.15) is 0 Å². The van der Waals surface area contributed by atoms with Crippen molar-refractivity contribution in [2.75, 3.05) is 40.3 Å². The predicted octanol–water partition coefficient (Wildman–Crippen LogP) is 0.966. The van der Waals surface area contributed by atoms with Crippen LogP contribution in [0, 0.1) is 11.3 Å². The number of rotatable bonds is 2. The van der Waals surface area contributed by atoms with E-state index < -0.39 is 0 Å². The Morgan fingerprint density at radius 2 is 1.83 bits per heavy atom. The molecule has 0 N–H and O–H groups in total. The van der Waals surface area contributed by atoms with E-state index in [1.54, 1.807) is 7.11 Å². The van der Waals surface area contributed by atoms with Gasteiger partial charge >= 0.3 is 0 Å². The lowest BCUT2D eigenvalue weighted by Gasteiger charge is -2.52. The largest absolute Gasteiger partial charge is 0.378 e. The van der Waals surface area contributed by atoms with Crippen LogP contribution in [0.15, 0.2) is 0 Å². The Labute approximate surface area is 109 Å². The molecule has 0 radical (unpaired) electrons. The molecule has 1 spiro atoms. The molecule has 0 bridgehead atoms. The summed E-state index contributed by atoms with van der Waals surface area (Å²) in [5.74, 6) is 0.671. The summed E-state index contributed by atoms with van der Waals surface area (Å²) in [6, 6.07) is 0. The minimum atomic E-state index is 0.282. The minimum absolute atomic E-state index is 0.282. The van der Waals surface area contributed by atoms with Crippen molar-refractivity contribution in [1.82, 2.24) is 9.80 Å². The Bertz CT molecular complexity index is 323. The van der Waals surface area contributed by atoms with E-state index in [9.17, 15) is 4.79 Å². The molecule has 2 aliphatic heterocycles. The molecule has 3 fully saturated rings. The van der Waals surface area contributed by atoms with E-state index in [4.69, 9.17) is 4.74 Å². The molecule has 1 aliphatic carbocycles. The van der Waals surface area contributed by atoms with Crippen LogP contribution in [0.1, 0.15) is 25.7 Å². The van der Waals surface area contributed by atoms with Crippen LogP contribution in [0.5, 0.6) is 0 Å². The summed E-state index contributed by atoms with van der Waals surface area (Å²) in [6.45, 7) is 4.09. The number of hydrogen-bond acceptors (Lipinski definition) is 3. The first-order valence-corrected chi connectivity index (χ1v) is 7.12. The zero-order valence-electron chi connectivity index (χ0n) is 11.5. The molecule has 3 aliphatic rings. The van der Waals surface area contributed by atoms with E-state index in [1.165, 1.54) is 25.9 Å². The smallest absolute Gasteiger partial charge is 0.225 e. The molecule has 0 aromatic rings. The first-order valence-electron chi connectivity index (χ1n) is 7.12. The van der Waals surface area contributed by atoms with E-state index in [0.29, 0.717) is 17.2 Å². The molecular weight excluding hydrogens is 228 g/mol. The van der Waals surface area contributed by atoms with Gasteiger partial charge in [-0.1, -0.05) is 0 Å². The normalized spacial score (nSPS) is 29.1. The van der Waals surface area contributed by atoms with Crippen molar-refractivity contribution in [3.63, 3.8) is 0 Å². The van der Waals surface area contributed by atoms with Gasteiger partial charge in [-0.15, -0.1) is 0 Å². The lowest BCUT2D eigenvalue weighted by Crippen LogP contribution is -2.58. The first kappa shape index (κ1) is 12.4. The average Bonchev–Trinajstić information content (AvgIpc) is 2.26. The number of carbonyl (C=O) groups is 1. The second kappa shape index (κ2) is 4.49. The molecule has 1 amide bonds. The van der Waals surface area contributed by atoms with Crippen molar-refractivity contribution in [2.45, 2.75) is 31.8 Å². The second-order valence-corrected chi connectivity index (χ2v) is 6.55. The van der Waals surface area contributed by atoms with Crippen molar-refractivity contribution in [3.8, 4) is 0 Å². The van der Waals surface area contributed by atoms with Gasteiger partial charge in [-0.2, -0.15) is 0 Å². The highest BCUT2D eigenvalue weighted by molar-refractivity contribution is 5.79. The van der Waals surface area contributed by atoms with Crippen molar-refractivity contribution in [1.29, 1.82) is 0 Å². The van der Waals surface area contributed by atoms with Crippen LogP contribution in [0.3, 0.4) is 0 Å². The van der Waals surface area contributed by atoms with Crippen molar-refractivity contribution in [3.05, 3.63) is 0 Å². The average molecular weight is 252 g/mol. The van der Waals surface area contributed by atoms with E-state index in [0.717, 1.165) is 25.9 Å². The topological polar surface area (TPSA) is 32.8 Å². The summed E-state index contributed by atoms with van der Waals surface area (Å²) in [5.41, 5.74) is 0.565. The Morgan fingerprint density at radius 1 is 1.22 bits per heavy atom.